The van der Waals surface area contributed by atoms with Crippen LogP contribution in [-0.4, -0.2) is 30.5 Å². The van der Waals surface area contributed by atoms with Crippen LogP contribution in [0.25, 0.3) is 0 Å². The lowest BCUT2D eigenvalue weighted by Crippen LogP contribution is -2.26. The molecule has 0 heterocycles. The molecule has 9 heteroatoms. The molecule has 2 rings (SSSR count). The van der Waals surface area contributed by atoms with Crippen LogP contribution in [0.3, 0.4) is 0 Å². The van der Waals surface area contributed by atoms with E-state index < -0.39 is 20.0 Å². The predicted molar refractivity (Wildman–Crippen MR) is 94.4 cm³/mol. The Morgan fingerprint density at radius 2 is 1.68 bits per heavy atom. The number of hydrogen-bond acceptors (Lipinski definition) is 5. The molecule has 3 N–H and O–H groups in total. The fourth-order valence-corrected chi connectivity index (χ4v) is 4.08. The van der Waals surface area contributed by atoms with Crippen molar-refractivity contribution in [3.63, 3.8) is 0 Å². The SMILES string of the molecule is COc1ccc(S(=O)(=O)NCCc2ccc(S(N)(=O)=O)cc2)c(C)c1. The highest BCUT2D eigenvalue weighted by Gasteiger charge is 2.16. The quantitative estimate of drug-likeness (QED) is 0.743. The first-order chi connectivity index (χ1) is 11.6. The second kappa shape index (κ2) is 7.52. The molecule has 0 saturated carbocycles. The van der Waals surface area contributed by atoms with Crippen LogP contribution in [0.4, 0.5) is 0 Å². The molecule has 0 amide bonds. The minimum atomic E-state index is -3.73. The van der Waals surface area contributed by atoms with Gasteiger partial charge in [0.2, 0.25) is 20.0 Å². The van der Waals surface area contributed by atoms with E-state index in [1.54, 1.807) is 31.2 Å². The summed E-state index contributed by atoms with van der Waals surface area (Å²) in [5.74, 6) is 0.589. The molecule has 25 heavy (non-hydrogen) atoms. The Morgan fingerprint density at radius 3 is 2.20 bits per heavy atom. The fourth-order valence-electron chi connectivity index (χ4n) is 2.30. The average Bonchev–Trinajstić information content (AvgIpc) is 2.54. The summed E-state index contributed by atoms with van der Waals surface area (Å²) in [7, 11) is -5.85. The molecule has 2 aromatic carbocycles. The number of hydrogen-bond donors (Lipinski definition) is 2. The van der Waals surface area contributed by atoms with Crippen molar-refractivity contribution >= 4 is 20.0 Å². The Morgan fingerprint density at radius 1 is 1.04 bits per heavy atom. The number of sulfonamides is 2. The molecular formula is C16H20N2O5S2. The summed E-state index contributed by atoms with van der Waals surface area (Å²) in [6.07, 6.45) is 0.416. The maximum atomic E-state index is 12.4. The first-order valence-corrected chi connectivity index (χ1v) is 10.4. The monoisotopic (exact) mass is 384 g/mol. The van der Waals surface area contributed by atoms with E-state index in [-0.39, 0.29) is 16.3 Å². The standard InChI is InChI=1S/C16H20N2O5S2/c1-12-11-14(23-2)5-8-16(12)25(21,22)18-10-9-13-3-6-15(7-4-13)24(17,19)20/h3-8,11,18H,9-10H2,1-2H3,(H2,17,19,20). The zero-order valence-electron chi connectivity index (χ0n) is 13.9. The van der Waals surface area contributed by atoms with Gasteiger partial charge in [-0.2, -0.15) is 0 Å². The highest BCUT2D eigenvalue weighted by Crippen LogP contribution is 2.20. The van der Waals surface area contributed by atoms with Crippen LogP contribution in [0.15, 0.2) is 52.3 Å². The van der Waals surface area contributed by atoms with Crippen molar-refractivity contribution in [2.75, 3.05) is 13.7 Å². The molecule has 0 fully saturated rings. The van der Waals surface area contributed by atoms with Crippen LogP contribution in [0.1, 0.15) is 11.1 Å². The third-order valence-electron chi connectivity index (χ3n) is 3.63. The Bertz CT molecular complexity index is 953. The summed E-state index contributed by atoms with van der Waals surface area (Å²) >= 11 is 0. The van der Waals surface area contributed by atoms with Crippen LogP contribution < -0.4 is 14.6 Å². The topological polar surface area (TPSA) is 116 Å². The van der Waals surface area contributed by atoms with Crippen LogP contribution in [0.5, 0.6) is 5.75 Å². The van der Waals surface area contributed by atoms with Gasteiger partial charge in [-0.3, -0.25) is 0 Å². The van der Waals surface area contributed by atoms with Gasteiger partial charge in [0, 0.05) is 6.54 Å². The van der Waals surface area contributed by atoms with Crippen molar-refractivity contribution in [2.24, 2.45) is 5.14 Å². The highest BCUT2D eigenvalue weighted by molar-refractivity contribution is 7.89. The molecule has 0 saturated heterocycles. The molecule has 0 unspecified atom stereocenters. The molecule has 0 spiro atoms. The van der Waals surface area contributed by atoms with E-state index in [1.165, 1.54) is 25.3 Å². The van der Waals surface area contributed by atoms with Crippen LogP contribution >= 0.6 is 0 Å². The normalized spacial score (nSPS) is 12.1. The summed E-state index contributed by atoms with van der Waals surface area (Å²) in [5.41, 5.74) is 1.38. The van der Waals surface area contributed by atoms with E-state index in [1.807, 2.05) is 0 Å². The van der Waals surface area contributed by atoms with Gasteiger partial charge in [0.05, 0.1) is 16.9 Å². The Balaban J connectivity index is 2.03. The molecule has 2 aromatic rings. The van der Waals surface area contributed by atoms with Crippen molar-refractivity contribution in [3.8, 4) is 5.75 Å². The molecule has 0 bridgehead atoms. The summed E-state index contributed by atoms with van der Waals surface area (Å²) in [4.78, 5) is 0.212. The number of ether oxygens (including phenoxy) is 1. The number of benzene rings is 2. The zero-order chi connectivity index (χ0) is 18.7. The molecule has 0 aliphatic rings. The van der Waals surface area contributed by atoms with Crippen molar-refractivity contribution in [3.05, 3.63) is 53.6 Å². The van der Waals surface area contributed by atoms with Gasteiger partial charge in [-0.25, -0.2) is 26.7 Å². The summed E-state index contributed by atoms with van der Waals surface area (Å²) in [6.45, 7) is 1.88. The van der Waals surface area contributed by atoms with E-state index in [4.69, 9.17) is 9.88 Å². The number of methoxy groups -OCH3 is 1. The molecule has 0 atom stereocenters. The van der Waals surface area contributed by atoms with Gasteiger partial charge in [-0.05, 0) is 54.8 Å². The Labute approximate surface area is 147 Å². The first-order valence-electron chi connectivity index (χ1n) is 7.39. The maximum Gasteiger partial charge on any atom is 0.240 e. The minimum absolute atomic E-state index is 0.0192. The summed E-state index contributed by atoms with van der Waals surface area (Å²) in [5, 5.41) is 5.03. The number of primary sulfonamides is 1. The lowest BCUT2D eigenvalue weighted by Gasteiger charge is -2.10. The lowest BCUT2D eigenvalue weighted by molar-refractivity contribution is 0.414. The molecule has 0 aliphatic carbocycles. The zero-order valence-corrected chi connectivity index (χ0v) is 15.5. The molecule has 0 aliphatic heterocycles. The van der Waals surface area contributed by atoms with Gasteiger partial charge in [-0.15, -0.1) is 0 Å². The third-order valence-corrected chi connectivity index (χ3v) is 6.18. The van der Waals surface area contributed by atoms with Crippen LogP contribution in [0.2, 0.25) is 0 Å². The minimum Gasteiger partial charge on any atom is -0.497 e. The van der Waals surface area contributed by atoms with E-state index in [0.717, 1.165) is 5.56 Å². The van der Waals surface area contributed by atoms with Crippen LogP contribution in [0, 0.1) is 6.92 Å². The second-order valence-corrected chi connectivity index (χ2v) is 8.76. The van der Waals surface area contributed by atoms with Gasteiger partial charge >= 0.3 is 0 Å². The first kappa shape index (κ1) is 19.4. The number of rotatable bonds is 7. The predicted octanol–water partition coefficient (Wildman–Crippen LogP) is 1.17. The molecular weight excluding hydrogens is 364 g/mol. The largest absolute Gasteiger partial charge is 0.497 e. The van der Waals surface area contributed by atoms with Gasteiger partial charge in [0.15, 0.2) is 0 Å². The summed E-state index contributed by atoms with van der Waals surface area (Å²) in [6, 6.07) is 10.7. The molecule has 136 valence electrons. The smallest absolute Gasteiger partial charge is 0.240 e. The second-order valence-electron chi connectivity index (χ2n) is 5.47. The molecule has 0 aromatic heterocycles. The highest BCUT2D eigenvalue weighted by atomic mass is 32.2. The number of nitrogens with one attached hydrogen (secondary N) is 1. The van der Waals surface area contributed by atoms with Crippen molar-refractivity contribution in [2.45, 2.75) is 23.1 Å². The van der Waals surface area contributed by atoms with Gasteiger partial charge in [0.25, 0.3) is 0 Å². The van der Waals surface area contributed by atoms with Gasteiger partial charge < -0.3 is 4.74 Å². The van der Waals surface area contributed by atoms with Crippen molar-refractivity contribution < 1.29 is 21.6 Å². The Hall–Kier alpha value is -1.94. The Kier molecular flexibility index (Phi) is 5.83. The molecule has 7 nitrogen and oxygen atoms in total. The van der Waals surface area contributed by atoms with E-state index in [0.29, 0.717) is 17.7 Å². The van der Waals surface area contributed by atoms with E-state index >= 15 is 0 Å². The van der Waals surface area contributed by atoms with Gasteiger partial charge in [0.1, 0.15) is 5.75 Å². The summed E-state index contributed by atoms with van der Waals surface area (Å²) < 4.78 is 54.8. The third kappa shape index (κ3) is 5.02. The van der Waals surface area contributed by atoms with E-state index in [9.17, 15) is 16.8 Å². The maximum absolute atomic E-state index is 12.4. The van der Waals surface area contributed by atoms with Crippen LogP contribution in [-0.2, 0) is 26.5 Å². The van der Waals surface area contributed by atoms with Crippen molar-refractivity contribution in [1.82, 2.24) is 4.72 Å². The van der Waals surface area contributed by atoms with Gasteiger partial charge in [-0.1, -0.05) is 12.1 Å². The lowest BCUT2D eigenvalue weighted by atomic mass is 10.2. The number of nitrogens with two attached hydrogens (primary N) is 1. The van der Waals surface area contributed by atoms with E-state index in [2.05, 4.69) is 4.72 Å². The fraction of sp³-hybridized carbons (Fsp3) is 0.250. The average molecular weight is 384 g/mol. The van der Waals surface area contributed by atoms with Crippen molar-refractivity contribution in [1.29, 1.82) is 0 Å². The number of aryl methyl sites for hydroxylation is 1. The molecule has 0 radical (unpaired) electrons.